The number of nitrogens with one attached hydrogen (secondary N) is 1. The normalized spacial score (nSPS) is 9.76. The number of carbonyl (C=O) groups is 2. The van der Waals surface area contributed by atoms with Crippen LogP contribution in [0.25, 0.3) is 0 Å². The zero-order valence-electron chi connectivity index (χ0n) is 9.95. The lowest BCUT2D eigenvalue weighted by atomic mass is 10.1. The summed E-state index contributed by atoms with van der Waals surface area (Å²) in [5.41, 5.74) is 6.99. The third kappa shape index (κ3) is 4.14. The van der Waals surface area contributed by atoms with E-state index in [0.29, 0.717) is 5.75 Å². The molecule has 1 aromatic carbocycles. The first-order valence-electron chi connectivity index (χ1n) is 5.24. The van der Waals surface area contributed by atoms with Gasteiger partial charge in [-0.1, -0.05) is 12.1 Å². The SMILES string of the molecule is Cc1cccc(OCC(=O)NCC(N)=O)c1C. The summed E-state index contributed by atoms with van der Waals surface area (Å²) in [6.07, 6.45) is 0. The van der Waals surface area contributed by atoms with Crippen LogP contribution < -0.4 is 15.8 Å². The highest BCUT2D eigenvalue weighted by Gasteiger charge is 2.06. The van der Waals surface area contributed by atoms with Gasteiger partial charge in [0.25, 0.3) is 5.91 Å². The minimum Gasteiger partial charge on any atom is -0.483 e. The van der Waals surface area contributed by atoms with Crippen LogP contribution in [0.3, 0.4) is 0 Å². The fourth-order valence-corrected chi connectivity index (χ4v) is 1.26. The number of hydrogen-bond acceptors (Lipinski definition) is 3. The second kappa shape index (κ2) is 5.89. The molecule has 5 nitrogen and oxygen atoms in total. The highest BCUT2D eigenvalue weighted by atomic mass is 16.5. The van der Waals surface area contributed by atoms with Crippen LogP contribution in [0.15, 0.2) is 18.2 Å². The van der Waals surface area contributed by atoms with Crippen molar-refractivity contribution in [3.8, 4) is 5.75 Å². The Morgan fingerprint density at radius 1 is 1.35 bits per heavy atom. The van der Waals surface area contributed by atoms with Crippen LogP contribution >= 0.6 is 0 Å². The summed E-state index contributed by atoms with van der Waals surface area (Å²) in [5.74, 6) is -0.283. The van der Waals surface area contributed by atoms with Crippen molar-refractivity contribution in [1.82, 2.24) is 5.32 Å². The van der Waals surface area contributed by atoms with Gasteiger partial charge >= 0.3 is 0 Å². The van der Waals surface area contributed by atoms with E-state index in [1.165, 1.54) is 0 Å². The molecule has 0 fully saturated rings. The molecule has 0 radical (unpaired) electrons. The van der Waals surface area contributed by atoms with E-state index in [1.54, 1.807) is 6.07 Å². The molecule has 17 heavy (non-hydrogen) atoms. The number of amides is 2. The standard InChI is InChI=1S/C12H16N2O3/c1-8-4-3-5-10(9(8)2)17-7-12(16)14-6-11(13)15/h3-5H,6-7H2,1-2H3,(H2,13,15)(H,14,16). The lowest BCUT2D eigenvalue weighted by Crippen LogP contribution is -2.36. The molecule has 2 amide bonds. The molecule has 0 aromatic heterocycles. The first-order chi connectivity index (χ1) is 8.00. The van der Waals surface area contributed by atoms with Crippen LogP contribution in [0, 0.1) is 13.8 Å². The molecule has 1 aromatic rings. The summed E-state index contributed by atoms with van der Waals surface area (Å²) in [7, 11) is 0. The van der Waals surface area contributed by atoms with Gasteiger partial charge in [0.05, 0.1) is 6.54 Å². The van der Waals surface area contributed by atoms with Crippen molar-refractivity contribution >= 4 is 11.8 Å². The van der Waals surface area contributed by atoms with Gasteiger partial charge in [-0.25, -0.2) is 0 Å². The molecule has 0 heterocycles. The Kier molecular flexibility index (Phi) is 4.51. The molecule has 0 unspecified atom stereocenters. The summed E-state index contributed by atoms with van der Waals surface area (Å²) in [4.78, 5) is 21.7. The second-order valence-corrected chi connectivity index (χ2v) is 3.73. The quantitative estimate of drug-likeness (QED) is 0.770. The van der Waals surface area contributed by atoms with Gasteiger partial charge in [-0.05, 0) is 31.0 Å². The van der Waals surface area contributed by atoms with E-state index in [4.69, 9.17) is 10.5 Å². The van der Waals surface area contributed by atoms with E-state index in [1.807, 2.05) is 26.0 Å². The average Bonchev–Trinajstić information content (AvgIpc) is 2.28. The van der Waals surface area contributed by atoms with E-state index in [0.717, 1.165) is 11.1 Å². The molecule has 0 bridgehead atoms. The van der Waals surface area contributed by atoms with Gasteiger partial charge in [0, 0.05) is 0 Å². The molecular weight excluding hydrogens is 220 g/mol. The minimum atomic E-state index is -0.579. The second-order valence-electron chi connectivity index (χ2n) is 3.73. The summed E-state index contributed by atoms with van der Waals surface area (Å²) < 4.78 is 5.35. The lowest BCUT2D eigenvalue weighted by Gasteiger charge is -2.10. The number of aryl methyl sites for hydroxylation is 1. The largest absolute Gasteiger partial charge is 0.483 e. The van der Waals surface area contributed by atoms with Crippen molar-refractivity contribution in [2.75, 3.05) is 13.2 Å². The fraction of sp³-hybridized carbons (Fsp3) is 0.333. The van der Waals surface area contributed by atoms with E-state index in [2.05, 4.69) is 5.32 Å². The smallest absolute Gasteiger partial charge is 0.258 e. The van der Waals surface area contributed by atoms with Gasteiger partial charge in [0.15, 0.2) is 6.61 Å². The molecule has 0 aliphatic heterocycles. The molecule has 1 rings (SSSR count). The molecule has 0 saturated carbocycles. The van der Waals surface area contributed by atoms with E-state index in [9.17, 15) is 9.59 Å². The van der Waals surface area contributed by atoms with Gasteiger partial charge in [-0.15, -0.1) is 0 Å². The monoisotopic (exact) mass is 236 g/mol. The third-order valence-corrected chi connectivity index (χ3v) is 2.37. The van der Waals surface area contributed by atoms with Gasteiger partial charge in [-0.3, -0.25) is 9.59 Å². The maximum atomic E-state index is 11.3. The maximum Gasteiger partial charge on any atom is 0.258 e. The minimum absolute atomic E-state index is 0.127. The predicted molar refractivity (Wildman–Crippen MR) is 63.6 cm³/mol. The number of rotatable bonds is 5. The zero-order valence-corrected chi connectivity index (χ0v) is 9.95. The number of benzene rings is 1. The first kappa shape index (κ1) is 13.0. The van der Waals surface area contributed by atoms with E-state index < -0.39 is 5.91 Å². The summed E-state index contributed by atoms with van der Waals surface area (Å²) in [6.45, 7) is 3.59. The Morgan fingerprint density at radius 2 is 2.06 bits per heavy atom. The molecule has 0 aliphatic rings. The number of carbonyl (C=O) groups excluding carboxylic acids is 2. The fourth-order valence-electron chi connectivity index (χ4n) is 1.26. The van der Waals surface area contributed by atoms with Gasteiger partial charge in [0.2, 0.25) is 5.91 Å². The van der Waals surface area contributed by atoms with Gasteiger partial charge in [0.1, 0.15) is 5.75 Å². The maximum absolute atomic E-state index is 11.3. The van der Waals surface area contributed by atoms with E-state index in [-0.39, 0.29) is 19.1 Å². The van der Waals surface area contributed by atoms with Gasteiger partial charge in [-0.2, -0.15) is 0 Å². The van der Waals surface area contributed by atoms with Crippen LogP contribution in [0.5, 0.6) is 5.75 Å². The number of primary amides is 1. The van der Waals surface area contributed by atoms with Crippen molar-refractivity contribution in [3.63, 3.8) is 0 Å². The third-order valence-electron chi connectivity index (χ3n) is 2.37. The Bertz CT molecular complexity index is 430. The predicted octanol–water partition coefficient (Wildman–Crippen LogP) is 0.284. The van der Waals surface area contributed by atoms with Gasteiger partial charge < -0.3 is 15.8 Å². The van der Waals surface area contributed by atoms with Crippen molar-refractivity contribution in [2.24, 2.45) is 5.73 Å². The van der Waals surface area contributed by atoms with Crippen molar-refractivity contribution < 1.29 is 14.3 Å². The molecule has 92 valence electrons. The summed E-state index contributed by atoms with van der Waals surface area (Å²) >= 11 is 0. The molecule has 0 atom stereocenters. The molecule has 0 saturated heterocycles. The Labute approximate surface area is 99.9 Å². The average molecular weight is 236 g/mol. The summed E-state index contributed by atoms with van der Waals surface area (Å²) in [5, 5.41) is 2.35. The zero-order chi connectivity index (χ0) is 12.8. The van der Waals surface area contributed by atoms with Crippen LogP contribution in [0.2, 0.25) is 0 Å². The van der Waals surface area contributed by atoms with Crippen LogP contribution in [-0.4, -0.2) is 25.0 Å². The van der Waals surface area contributed by atoms with Crippen molar-refractivity contribution in [3.05, 3.63) is 29.3 Å². The van der Waals surface area contributed by atoms with E-state index >= 15 is 0 Å². The highest BCUT2D eigenvalue weighted by Crippen LogP contribution is 2.20. The molecule has 0 aliphatic carbocycles. The summed E-state index contributed by atoms with van der Waals surface area (Å²) in [6, 6.07) is 5.62. The van der Waals surface area contributed by atoms with Crippen LogP contribution in [0.1, 0.15) is 11.1 Å². The highest BCUT2D eigenvalue weighted by molar-refractivity contribution is 5.84. The van der Waals surface area contributed by atoms with Crippen molar-refractivity contribution in [1.29, 1.82) is 0 Å². The molecular formula is C12H16N2O3. The van der Waals surface area contributed by atoms with Crippen molar-refractivity contribution in [2.45, 2.75) is 13.8 Å². The topological polar surface area (TPSA) is 81.4 Å². The Hall–Kier alpha value is -2.04. The lowest BCUT2D eigenvalue weighted by molar-refractivity contribution is -0.126. The Morgan fingerprint density at radius 3 is 2.71 bits per heavy atom. The number of hydrogen-bond donors (Lipinski definition) is 2. The molecule has 5 heteroatoms. The Balaban J connectivity index is 2.47. The molecule has 0 spiro atoms. The number of nitrogens with two attached hydrogens (primary N) is 1. The van der Waals surface area contributed by atoms with Crippen LogP contribution in [0.4, 0.5) is 0 Å². The molecule has 3 N–H and O–H groups in total. The number of ether oxygens (including phenoxy) is 1. The van der Waals surface area contributed by atoms with Crippen LogP contribution in [-0.2, 0) is 9.59 Å². The first-order valence-corrected chi connectivity index (χ1v) is 5.24.